The van der Waals surface area contributed by atoms with E-state index in [2.05, 4.69) is 27.2 Å². The van der Waals surface area contributed by atoms with Gasteiger partial charge >= 0.3 is 11.9 Å². The maximum atomic E-state index is 9.55. The third kappa shape index (κ3) is 8.17. The molecular formula is C19H24N4O5. The van der Waals surface area contributed by atoms with Crippen LogP contribution in [-0.2, 0) is 9.59 Å². The molecule has 2 aromatic rings. The number of carbonyl (C=O) groups is 2. The summed E-state index contributed by atoms with van der Waals surface area (Å²) >= 11 is 0. The number of hydrogen-bond acceptors (Lipinski definition) is 5. The molecule has 0 saturated heterocycles. The van der Waals surface area contributed by atoms with Gasteiger partial charge in [0.2, 0.25) is 0 Å². The number of aromatic amines is 1. The van der Waals surface area contributed by atoms with E-state index in [-0.39, 0.29) is 0 Å². The number of ether oxygens (including phenoxy) is 1. The summed E-state index contributed by atoms with van der Waals surface area (Å²) in [5, 5.41) is 18.8. The molecule has 0 unspecified atom stereocenters. The Balaban J connectivity index is 0.000000416. The van der Waals surface area contributed by atoms with Gasteiger partial charge in [0.15, 0.2) is 0 Å². The number of aliphatic carboxylic acids is 2. The highest BCUT2D eigenvalue weighted by molar-refractivity contribution is 5.89. The Bertz CT molecular complexity index is 827. The van der Waals surface area contributed by atoms with Crippen molar-refractivity contribution < 1.29 is 24.5 Å². The van der Waals surface area contributed by atoms with E-state index in [1.165, 1.54) is 0 Å². The van der Waals surface area contributed by atoms with Crippen LogP contribution in [0.2, 0.25) is 0 Å². The van der Waals surface area contributed by atoms with Crippen molar-refractivity contribution in [3.05, 3.63) is 42.4 Å². The van der Waals surface area contributed by atoms with E-state index in [0.717, 1.165) is 41.5 Å². The van der Waals surface area contributed by atoms with Gasteiger partial charge in [0.25, 0.3) is 0 Å². The Labute approximate surface area is 162 Å². The van der Waals surface area contributed by atoms with Crippen LogP contribution in [0.1, 0.15) is 19.2 Å². The quantitative estimate of drug-likeness (QED) is 0.310. The van der Waals surface area contributed by atoms with Gasteiger partial charge in [-0.05, 0) is 25.5 Å². The third-order valence-corrected chi connectivity index (χ3v) is 3.25. The minimum atomic E-state index is -1.26. The highest BCUT2D eigenvalue weighted by atomic mass is 16.5. The molecule has 0 spiro atoms. The summed E-state index contributed by atoms with van der Waals surface area (Å²) < 4.78 is 5.41. The molecule has 1 aromatic heterocycles. The maximum Gasteiger partial charge on any atom is 0.328 e. The highest BCUT2D eigenvalue weighted by Gasteiger charge is 2.06. The molecule has 0 fully saturated rings. The van der Waals surface area contributed by atoms with E-state index in [0.29, 0.717) is 12.2 Å². The molecule has 0 atom stereocenters. The number of rotatable bonds is 8. The Kier molecular flexibility index (Phi) is 9.52. The lowest BCUT2D eigenvalue weighted by atomic mass is 10.1. The summed E-state index contributed by atoms with van der Waals surface area (Å²) in [5.74, 6) is -0.842. The van der Waals surface area contributed by atoms with Crippen LogP contribution in [-0.4, -0.2) is 52.1 Å². The average Bonchev–Trinajstić information content (AvgIpc) is 3.10. The predicted octanol–water partition coefficient (Wildman–Crippen LogP) is 2.96. The average molecular weight is 388 g/mol. The molecule has 0 aliphatic carbocycles. The van der Waals surface area contributed by atoms with Gasteiger partial charge in [0.1, 0.15) is 11.6 Å². The molecule has 2 rings (SSSR count). The van der Waals surface area contributed by atoms with Crippen molar-refractivity contribution in [2.24, 2.45) is 4.99 Å². The van der Waals surface area contributed by atoms with Gasteiger partial charge in [0, 0.05) is 24.3 Å². The fourth-order valence-electron chi connectivity index (χ4n) is 2.00. The van der Waals surface area contributed by atoms with Crippen LogP contribution in [0.15, 0.2) is 41.5 Å². The molecule has 4 N–H and O–H groups in total. The first-order valence-electron chi connectivity index (χ1n) is 8.46. The summed E-state index contributed by atoms with van der Waals surface area (Å²) in [6.07, 6.45) is 5.68. The molecule has 1 heterocycles. The molecule has 9 heteroatoms. The van der Waals surface area contributed by atoms with E-state index in [9.17, 15) is 9.59 Å². The van der Waals surface area contributed by atoms with Gasteiger partial charge in [-0.3, -0.25) is 4.99 Å². The second kappa shape index (κ2) is 11.9. The number of imidazole rings is 1. The Hall–Kier alpha value is -3.62. The van der Waals surface area contributed by atoms with Crippen LogP contribution in [0.25, 0.3) is 11.3 Å². The fourth-order valence-corrected chi connectivity index (χ4v) is 2.00. The number of nitrogens with zero attached hydrogens (tertiary/aromatic N) is 2. The first-order valence-corrected chi connectivity index (χ1v) is 8.46. The van der Waals surface area contributed by atoms with Gasteiger partial charge in [-0.25, -0.2) is 14.6 Å². The SMILES string of the molecule is CCCN=CNc1ccc(-c2cnc(C)[nH]2)cc1OC.O=C(O)/C=C\C(=O)O. The van der Waals surface area contributed by atoms with Crippen LogP contribution in [0.5, 0.6) is 5.75 Å². The normalized spacial score (nSPS) is 10.5. The maximum absolute atomic E-state index is 9.55. The minimum Gasteiger partial charge on any atom is -0.495 e. The molecule has 0 radical (unpaired) electrons. The number of carboxylic acid groups (broad SMARTS) is 2. The molecule has 150 valence electrons. The molecule has 0 aliphatic rings. The lowest BCUT2D eigenvalue weighted by Crippen LogP contribution is -1.99. The van der Waals surface area contributed by atoms with Gasteiger partial charge in [-0.2, -0.15) is 0 Å². The van der Waals surface area contributed by atoms with Crippen LogP contribution in [0.4, 0.5) is 5.69 Å². The number of aromatic nitrogens is 2. The van der Waals surface area contributed by atoms with E-state index >= 15 is 0 Å². The topological polar surface area (TPSA) is 137 Å². The number of benzene rings is 1. The molecule has 0 aliphatic heterocycles. The van der Waals surface area contributed by atoms with E-state index in [4.69, 9.17) is 14.9 Å². The van der Waals surface area contributed by atoms with Gasteiger partial charge in [-0.15, -0.1) is 0 Å². The lowest BCUT2D eigenvalue weighted by molar-refractivity contribution is -0.134. The van der Waals surface area contributed by atoms with E-state index in [1.807, 2.05) is 31.3 Å². The van der Waals surface area contributed by atoms with Crippen molar-refractivity contribution in [1.29, 1.82) is 0 Å². The number of hydrogen-bond donors (Lipinski definition) is 4. The zero-order chi connectivity index (χ0) is 20.9. The van der Waals surface area contributed by atoms with Crippen molar-refractivity contribution >= 4 is 24.0 Å². The summed E-state index contributed by atoms with van der Waals surface area (Å²) in [6, 6.07) is 5.97. The third-order valence-electron chi connectivity index (χ3n) is 3.25. The largest absolute Gasteiger partial charge is 0.495 e. The van der Waals surface area contributed by atoms with Crippen molar-refractivity contribution in [3.63, 3.8) is 0 Å². The molecule has 0 amide bonds. The number of carboxylic acids is 2. The zero-order valence-corrected chi connectivity index (χ0v) is 16.0. The molecule has 1 aromatic carbocycles. The van der Waals surface area contributed by atoms with E-state index in [1.54, 1.807) is 13.4 Å². The predicted molar refractivity (Wildman–Crippen MR) is 107 cm³/mol. The minimum absolute atomic E-state index is 0.558. The number of aliphatic imine (C=N–C) groups is 1. The number of methoxy groups -OCH3 is 1. The van der Waals surface area contributed by atoms with Gasteiger partial charge in [-0.1, -0.05) is 13.0 Å². The number of aryl methyl sites for hydroxylation is 1. The van der Waals surface area contributed by atoms with Crippen LogP contribution < -0.4 is 10.1 Å². The Morgan fingerprint density at radius 1 is 1.29 bits per heavy atom. The van der Waals surface area contributed by atoms with Crippen LogP contribution in [0, 0.1) is 6.92 Å². The van der Waals surface area contributed by atoms with Crippen LogP contribution >= 0.6 is 0 Å². The fraction of sp³-hybridized carbons (Fsp3) is 0.263. The van der Waals surface area contributed by atoms with Gasteiger partial charge in [0.05, 0.1) is 31.0 Å². The standard InChI is InChI=1S/C15H20N4O.C4H4O4/c1-4-7-16-10-18-13-6-5-12(8-15(13)20-3)14-9-17-11(2)19-14;5-3(6)1-2-4(7)8/h5-6,8-10H,4,7H2,1-3H3,(H,16,18)(H,17,19);1-2H,(H,5,6)(H,7,8)/b;2-1-. The smallest absolute Gasteiger partial charge is 0.328 e. The first kappa shape index (κ1) is 22.4. The molecule has 0 saturated carbocycles. The number of H-pyrrole nitrogens is 1. The van der Waals surface area contributed by atoms with Gasteiger partial charge < -0.3 is 25.3 Å². The summed E-state index contributed by atoms with van der Waals surface area (Å²) in [6.45, 7) is 4.85. The van der Waals surface area contributed by atoms with Crippen LogP contribution in [0.3, 0.4) is 0 Å². The van der Waals surface area contributed by atoms with E-state index < -0.39 is 11.9 Å². The number of anilines is 1. The summed E-state index contributed by atoms with van der Waals surface area (Å²) in [5.41, 5.74) is 2.91. The molecular weight excluding hydrogens is 364 g/mol. The molecule has 28 heavy (non-hydrogen) atoms. The first-order chi connectivity index (χ1) is 13.4. The summed E-state index contributed by atoms with van der Waals surface area (Å²) in [7, 11) is 1.66. The molecule has 9 nitrogen and oxygen atoms in total. The zero-order valence-electron chi connectivity index (χ0n) is 16.0. The highest BCUT2D eigenvalue weighted by Crippen LogP contribution is 2.29. The Morgan fingerprint density at radius 3 is 2.46 bits per heavy atom. The Morgan fingerprint density at radius 2 is 1.96 bits per heavy atom. The number of nitrogens with one attached hydrogen (secondary N) is 2. The van der Waals surface area contributed by atoms with Crippen molar-refractivity contribution in [2.75, 3.05) is 19.0 Å². The summed E-state index contributed by atoms with van der Waals surface area (Å²) in [4.78, 5) is 30.8. The second-order valence-electron chi connectivity index (χ2n) is 5.49. The lowest BCUT2D eigenvalue weighted by Gasteiger charge is -2.09. The second-order valence-corrected chi connectivity index (χ2v) is 5.49. The van der Waals surface area contributed by atoms with Crippen molar-refractivity contribution in [1.82, 2.24) is 9.97 Å². The molecule has 0 bridgehead atoms. The monoisotopic (exact) mass is 388 g/mol. The van der Waals surface area contributed by atoms with Crippen molar-refractivity contribution in [2.45, 2.75) is 20.3 Å². The van der Waals surface area contributed by atoms with Crippen molar-refractivity contribution in [3.8, 4) is 17.0 Å².